The van der Waals surface area contributed by atoms with Crippen LogP contribution in [-0.2, 0) is 6.61 Å². The fourth-order valence-electron chi connectivity index (χ4n) is 1.97. The van der Waals surface area contributed by atoms with Gasteiger partial charge in [0, 0.05) is 11.6 Å². The lowest BCUT2D eigenvalue weighted by molar-refractivity contribution is -0.385. The summed E-state index contributed by atoms with van der Waals surface area (Å²) in [6.45, 7) is 0.0984. The Balaban J connectivity index is 1.73. The number of oxazole rings is 1. The Morgan fingerprint density at radius 2 is 1.82 bits per heavy atom. The first-order valence-electron chi connectivity index (χ1n) is 6.60. The van der Waals surface area contributed by atoms with Crippen molar-refractivity contribution in [2.75, 3.05) is 0 Å². The molecule has 0 aliphatic rings. The lowest BCUT2D eigenvalue weighted by Crippen LogP contribution is -1.99. The Morgan fingerprint density at radius 3 is 2.59 bits per heavy atom. The molecule has 22 heavy (non-hydrogen) atoms. The van der Waals surface area contributed by atoms with Crippen LogP contribution in [0, 0.1) is 10.1 Å². The molecule has 0 amide bonds. The minimum atomic E-state index is -0.479. The van der Waals surface area contributed by atoms with E-state index in [0.29, 0.717) is 11.6 Å². The molecule has 0 saturated heterocycles. The van der Waals surface area contributed by atoms with Crippen molar-refractivity contribution in [1.82, 2.24) is 4.98 Å². The summed E-state index contributed by atoms with van der Waals surface area (Å²) >= 11 is 0. The molecule has 0 spiro atoms. The molecule has 1 heterocycles. The van der Waals surface area contributed by atoms with Gasteiger partial charge in [-0.15, -0.1) is 0 Å². The Kier molecular flexibility index (Phi) is 3.82. The van der Waals surface area contributed by atoms with Crippen LogP contribution >= 0.6 is 0 Å². The average Bonchev–Trinajstić information content (AvgIpc) is 3.03. The number of rotatable bonds is 5. The smallest absolute Gasteiger partial charge is 0.310 e. The van der Waals surface area contributed by atoms with Crippen LogP contribution in [0.2, 0.25) is 0 Å². The summed E-state index contributed by atoms with van der Waals surface area (Å²) in [6, 6.07) is 15.7. The fourth-order valence-corrected chi connectivity index (χ4v) is 1.97. The summed E-state index contributed by atoms with van der Waals surface area (Å²) < 4.78 is 10.9. The molecule has 0 bridgehead atoms. The quantitative estimate of drug-likeness (QED) is 0.528. The number of nitro benzene ring substituents is 1. The highest BCUT2D eigenvalue weighted by Crippen LogP contribution is 2.27. The van der Waals surface area contributed by atoms with Gasteiger partial charge in [0.1, 0.15) is 18.6 Å². The van der Waals surface area contributed by atoms with Gasteiger partial charge in [0.05, 0.1) is 4.92 Å². The van der Waals surface area contributed by atoms with Crippen LogP contribution < -0.4 is 4.74 Å². The molecule has 0 radical (unpaired) electrons. The van der Waals surface area contributed by atoms with Crippen LogP contribution in [0.4, 0.5) is 5.69 Å². The van der Waals surface area contributed by atoms with Crippen LogP contribution in [-0.4, -0.2) is 9.91 Å². The number of hydrogen-bond acceptors (Lipinski definition) is 5. The molecule has 0 atom stereocenters. The van der Waals surface area contributed by atoms with Gasteiger partial charge in [-0.25, -0.2) is 4.98 Å². The van der Waals surface area contributed by atoms with Crippen molar-refractivity contribution in [2.45, 2.75) is 6.61 Å². The van der Waals surface area contributed by atoms with E-state index in [9.17, 15) is 10.1 Å². The molecule has 0 aliphatic heterocycles. The van der Waals surface area contributed by atoms with E-state index < -0.39 is 4.92 Å². The molecule has 3 aromatic rings. The highest BCUT2D eigenvalue weighted by molar-refractivity contribution is 5.52. The van der Waals surface area contributed by atoms with Crippen molar-refractivity contribution in [2.24, 2.45) is 0 Å². The summed E-state index contributed by atoms with van der Waals surface area (Å²) in [5.74, 6) is 0.693. The maximum Gasteiger partial charge on any atom is 0.310 e. The average molecular weight is 296 g/mol. The summed E-state index contributed by atoms with van der Waals surface area (Å²) in [7, 11) is 0. The zero-order valence-corrected chi connectivity index (χ0v) is 11.5. The number of para-hydroxylation sites is 2. The van der Waals surface area contributed by atoms with E-state index in [0.717, 1.165) is 5.56 Å². The Labute approximate surface area is 126 Å². The highest BCUT2D eigenvalue weighted by Gasteiger charge is 2.14. The molecule has 6 nitrogen and oxygen atoms in total. The van der Waals surface area contributed by atoms with Crippen LogP contribution in [0.25, 0.3) is 11.5 Å². The Hall–Kier alpha value is -3.15. The van der Waals surface area contributed by atoms with Gasteiger partial charge in [-0.05, 0) is 18.2 Å². The number of nitrogens with zero attached hydrogens (tertiary/aromatic N) is 2. The van der Waals surface area contributed by atoms with Crippen molar-refractivity contribution in [3.63, 3.8) is 0 Å². The van der Waals surface area contributed by atoms with Gasteiger partial charge in [0.2, 0.25) is 5.89 Å². The fraction of sp³-hybridized carbons (Fsp3) is 0.0625. The maximum absolute atomic E-state index is 10.9. The third-order valence-electron chi connectivity index (χ3n) is 3.01. The van der Waals surface area contributed by atoms with Crippen molar-refractivity contribution < 1.29 is 14.1 Å². The third kappa shape index (κ3) is 2.95. The standard InChI is InChI=1S/C16H12N2O4/c19-18(20)14-8-4-5-9-15(14)21-10-13-11-22-16(17-13)12-6-2-1-3-7-12/h1-9,11H,10H2. The summed E-state index contributed by atoms with van der Waals surface area (Å²) in [5, 5.41) is 10.9. The predicted molar refractivity (Wildman–Crippen MR) is 79.4 cm³/mol. The van der Waals surface area contributed by atoms with E-state index in [1.165, 1.54) is 12.3 Å². The third-order valence-corrected chi connectivity index (χ3v) is 3.01. The topological polar surface area (TPSA) is 78.4 Å². The van der Waals surface area contributed by atoms with Crippen LogP contribution in [0.5, 0.6) is 5.75 Å². The van der Waals surface area contributed by atoms with Gasteiger partial charge < -0.3 is 9.15 Å². The first-order chi connectivity index (χ1) is 10.7. The maximum atomic E-state index is 10.9. The van der Waals surface area contributed by atoms with E-state index >= 15 is 0 Å². The Morgan fingerprint density at radius 1 is 1.09 bits per heavy atom. The minimum Gasteiger partial charge on any atom is -0.480 e. The molecule has 0 saturated carbocycles. The second-order valence-corrected chi connectivity index (χ2v) is 4.52. The van der Waals surface area contributed by atoms with Gasteiger partial charge in [-0.2, -0.15) is 0 Å². The van der Waals surface area contributed by atoms with Crippen LogP contribution in [0.3, 0.4) is 0 Å². The monoisotopic (exact) mass is 296 g/mol. The zero-order chi connectivity index (χ0) is 15.4. The molecule has 1 aromatic heterocycles. The largest absolute Gasteiger partial charge is 0.480 e. The molecule has 0 aliphatic carbocycles. The van der Waals surface area contributed by atoms with Gasteiger partial charge in [0.15, 0.2) is 5.75 Å². The molecule has 3 rings (SSSR count). The number of hydrogen-bond donors (Lipinski definition) is 0. The van der Waals surface area contributed by atoms with Crippen molar-refractivity contribution in [3.05, 3.63) is 76.7 Å². The lowest BCUT2D eigenvalue weighted by Gasteiger charge is -2.03. The van der Waals surface area contributed by atoms with Crippen molar-refractivity contribution in [1.29, 1.82) is 0 Å². The number of aromatic nitrogens is 1. The predicted octanol–water partition coefficient (Wildman–Crippen LogP) is 3.83. The molecule has 6 heteroatoms. The van der Waals surface area contributed by atoms with E-state index in [-0.39, 0.29) is 18.0 Å². The van der Waals surface area contributed by atoms with Gasteiger partial charge in [0.25, 0.3) is 0 Å². The van der Waals surface area contributed by atoms with Crippen LogP contribution in [0.15, 0.2) is 65.3 Å². The summed E-state index contributed by atoms with van der Waals surface area (Å²) in [5.41, 5.74) is 1.35. The molecule has 2 aromatic carbocycles. The van der Waals surface area contributed by atoms with Gasteiger partial charge >= 0.3 is 5.69 Å². The van der Waals surface area contributed by atoms with Gasteiger partial charge in [-0.1, -0.05) is 30.3 Å². The first kappa shape index (κ1) is 13.8. The normalized spacial score (nSPS) is 10.4. The molecular weight excluding hydrogens is 284 g/mol. The van der Waals surface area contributed by atoms with Crippen molar-refractivity contribution >= 4 is 5.69 Å². The lowest BCUT2D eigenvalue weighted by atomic mass is 10.2. The van der Waals surface area contributed by atoms with Gasteiger partial charge in [-0.3, -0.25) is 10.1 Å². The Bertz CT molecular complexity index is 784. The highest BCUT2D eigenvalue weighted by atomic mass is 16.6. The second-order valence-electron chi connectivity index (χ2n) is 4.52. The molecule has 110 valence electrons. The molecule has 0 N–H and O–H groups in total. The molecule has 0 unspecified atom stereocenters. The van der Waals surface area contributed by atoms with E-state index in [4.69, 9.17) is 9.15 Å². The zero-order valence-electron chi connectivity index (χ0n) is 11.5. The van der Waals surface area contributed by atoms with E-state index in [2.05, 4.69) is 4.98 Å². The van der Waals surface area contributed by atoms with Crippen LogP contribution in [0.1, 0.15) is 5.69 Å². The number of nitro groups is 1. The summed E-state index contributed by atoms with van der Waals surface area (Å²) in [6.07, 6.45) is 1.48. The second kappa shape index (κ2) is 6.09. The van der Waals surface area contributed by atoms with Crippen molar-refractivity contribution in [3.8, 4) is 17.2 Å². The SMILES string of the molecule is O=[N+]([O-])c1ccccc1OCc1coc(-c2ccccc2)n1. The number of benzene rings is 2. The number of ether oxygens (including phenoxy) is 1. The first-order valence-corrected chi connectivity index (χ1v) is 6.60. The summed E-state index contributed by atoms with van der Waals surface area (Å²) in [4.78, 5) is 14.7. The molecular formula is C16H12N2O4. The minimum absolute atomic E-state index is 0.0747. The van der Waals surface area contributed by atoms with E-state index in [1.807, 2.05) is 30.3 Å². The molecule has 0 fully saturated rings. The van der Waals surface area contributed by atoms with E-state index in [1.54, 1.807) is 18.2 Å².